The van der Waals surface area contributed by atoms with E-state index < -0.39 is 11.9 Å². The van der Waals surface area contributed by atoms with Gasteiger partial charge in [-0.05, 0) is 123 Å². The van der Waals surface area contributed by atoms with Gasteiger partial charge in [0.25, 0.3) is 0 Å². The maximum atomic E-state index is 14.5. The summed E-state index contributed by atoms with van der Waals surface area (Å²) in [6.07, 6.45) is 5.74. The molecular weight excluding hydrogens is 726 g/mol. The van der Waals surface area contributed by atoms with Crippen molar-refractivity contribution >= 4 is 35.0 Å². The SMILES string of the molecule is N#Cc1ccc(O[C@@H]2c3cc(Cl)cc(Cl)c3C[C@H]2N2CCC[C@@H](N)C2)c(F)c1.N#Cc1ccc(S[C@@H]2c3ccccc3C[C@H]2N2CCC[C@@H](N)C2)cc1. The van der Waals surface area contributed by atoms with Crippen LogP contribution in [0.3, 0.4) is 0 Å². The van der Waals surface area contributed by atoms with Gasteiger partial charge in [-0.25, -0.2) is 4.39 Å². The van der Waals surface area contributed by atoms with Gasteiger partial charge >= 0.3 is 0 Å². The van der Waals surface area contributed by atoms with E-state index in [1.807, 2.05) is 36.0 Å². The molecule has 0 aromatic heterocycles. The summed E-state index contributed by atoms with van der Waals surface area (Å²) in [6, 6.07) is 29.7. The van der Waals surface area contributed by atoms with Crippen molar-refractivity contribution in [1.29, 1.82) is 10.5 Å². The summed E-state index contributed by atoms with van der Waals surface area (Å²) >= 11 is 14.6. The van der Waals surface area contributed by atoms with Gasteiger partial charge in [0.15, 0.2) is 11.6 Å². The highest BCUT2D eigenvalue weighted by molar-refractivity contribution is 7.99. The van der Waals surface area contributed by atoms with Crippen LogP contribution in [-0.4, -0.2) is 60.1 Å². The number of rotatable bonds is 6. The van der Waals surface area contributed by atoms with Crippen LogP contribution in [0.15, 0.2) is 83.8 Å². The number of nitriles is 2. The van der Waals surface area contributed by atoms with Crippen LogP contribution in [0.5, 0.6) is 5.75 Å². The Labute approximate surface area is 325 Å². The van der Waals surface area contributed by atoms with E-state index in [1.54, 1.807) is 12.1 Å². The van der Waals surface area contributed by atoms with Gasteiger partial charge in [0.05, 0.1) is 34.6 Å². The molecule has 2 aliphatic carbocycles. The summed E-state index contributed by atoms with van der Waals surface area (Å²) in [5.41, 5.74) is 18.2. The van der Waals surface area contributed by atoms with Crippen LogP contribution in [0.2, 0.25) is 10.0 Å². The Morgan fingerprint density at radius 3 is 2.09 bits per heavy atom. The van der Waals surface area contributed by atoms with Crippen molar-refractivity contribution in [2.75, 3.05) is 26.2 Å². The van der Waals surface area contributed by atoms with Gasteiger partial charge in [-0.2, -0.15) is 10.5 Å². The van der Waals surface area contributed by atoms with E-state index >= 15 is 0 Å². The third-order valence-corrected chi connectivity index (χ3v) is 12.8. The predicted octanol–water partition coefficient (Wildman–Crippen LogP) is 8.21. The van der Waals surface area contributed by atoms with E-state index in [9.17, 15) is 4.39 Å². The fraction of sp³-hybridized carbons (Fsp3) is 0.381. The van der Waals surface area contributed by atoms with Crippen LogP contribution < -0.4 is 16.2 Å². The van der Waals surface area contributed by atoms with Gasteiger partial charge in [-0.15, -0.1) is 11.8 Å². The first-order valence-electron chi connectivity index (χ1n) is 18.3. The molecule has 0 spiro atoms. The van der Waals surface area contributed by atoms with E-state index in [4.69, 9.17) is 49.9 Å². The maximum Gasteiger partial charge on any atom is 0.166 e. The van der Waals surface area contributed by atoms with Crippen molar-refractivity contribution in [2.24, 2.45) is 11.5 Å². The van der Waals surface area contributed by atoms with Crippen molar-refractivity contribution in [3.63, 3.8) is 0 Å². The second-order valence-electron chi connectivity index (χ2n) is 14.5. The molecule has 2 saturated heterocycles. The van der Waals surface area contributed by atoms with Crippen molar-refractivity contribution in [2.45, 2.75) is 78.9 Å². The fourth-order valence-electron chi connectivity index (χ4n) is 8.32. The molecule has 7 nitrogen and oxygen atoms in total. The van der Waals surface area contributed by atoms with Gasteiger partial charge in [-0.1, -0.05) is 47.5 Å². The normalized spacial score (nSPS) is 25.3. The molecule has 6 atom stereocenters. The summed E-state index contributed by atoms with van der Waals surface area (Å²) in [5, 5.41) is 19.5. The summed E-state index contributed by atoms with van der Waals surface area (Å²) in [4.78, 5) is 6.15. The molecule has 0 radical (unpaired) electrons. The van der Waals surface area contributed by atoms with E-state index in [-0.39, 0.29) is 23.4 Å². The zero-order valence-corrected chi connectivity index (χ0v) is 31.8. The summed E-state index contributed by atoms with van der Waals surface area (Å²) in [7, 11) is 0. The molecule has 4 aromatic carbocycles. The molecule has 0 unspecified atom stereocenters. The Morgan fingerprint density at radius 1 is 0.774 bits per heavy atom. The highest BCUT2D eigenvalue weighted by Crippen LogP contribution is 2.47. The largest absolute Gasteiger partial charge is 0.481 e. The lowest BCUT2D eigenvalue weighted by Crippen LogP contribution is -2.49. The van der Waals surface area contributed by atoms with Crippen LogP contribution in [0, 0.1) is 28.5 Å². The first kappa shape index (κ1) is 37.7. The number of piperidine rings is 2. The van der Waals surface area contributed by atoms with Gasteiger partial charge in [-0.3, -0.25) is 9.80 Å². The number of ether oxygens (including phenoxy) is 1. The van der Waals surface area contributed by atoms with E-state index in [2.05, 4.69) is 52.3 Å². The number of nitrogens with two attached hydrogens (primary N) is 2. The molecule has 4 N–H and O–H groups in total. The second kappa shape index (κ2) is 16.8. The minimum absolute atomic E-state index is 0.00707. The molecule has 2 aliphatic heterocycles. The topological polar surface area (TPSA) is 115 Å². The quantitative estimate of drug-likeness (QED) is 0.202. The molecule has 53 heavy (non-hydrogen) atoms. The Hall–Kier alpha value is -3.64. The molecule has 274 valence electrons. The molecule has 4 aromatic rings. The van der Waals surface area contributed by atoms with Crippen LogP contribution >= 0.6 is 35.0 Å². The van der Waals surface area contributed by atoms with Gasteiger partial charge in [0, 0.05) is 51.7 Å². The highest BCUT2D eigenvalue weighted by atomic mass is 35.5. The lowest BCUT2D eigenvalue weighted by atomic mass is 10.0. The van der Waals surface area contributed by atoms with Crippen LogP contribution in [-0.2, 0) is 12.8 Å². The Morgan fingerprint density at radius 2 is 1.43 bits per heavy atom. The minimum atomic E-state index is -0.560. The van der Waals surface area contributed by atoms with Crippen LogP contribution in [0.4, 0.5) is 4.39 Å². The Balaban J connectivity index is 0.000000165. The molecule has 4 aliphatic rings. The number of likely N-dealkylation sites (tertiary alicyclic amines) is 2. The van der Waals surface area contributed by atoms with E-state index in [0.717, 1.165) is 68.6 Å². The zero-order chi connectivity index (χ0) is 37.1. The lowest BCUT2D eigenvalue weighted by molar-refractivity contribution is 0.0571. The van der Waals surface area contributed by atoms with Gasteiger partial charge in [0.2, 0.25) is 0 Å². The van der Waals surface area contributed by atoms with Crippen LogP contribution in [0.1, 0.15) is 70.4 Å². The van der Waals surface area contributed by atoms with E-state index in [0.29, 0.717) is 33.8 Å². The predicted molar refractivity (Wildman–Crippen MR) is 210 cm³/mol. The molecule has 8 rings (SSSR count). The lowest BCUT2D eigenvalue weighted by Gasteiger charge is -2.38. The third-order valence-electron chi connectivity index (χ3n) is 10.9. The average Bonchev–Trinajstić information content (AvgIpc) is 3.71. The highest BCUT2D eigenvalue weighted by Gasteiger charge is 2.41. The number of thioether (sulfide) groups is 1. The number of nitrogens with zero attached hydrogens (tertiary/aromatic N) is 4. The third kappa shape index (κ3) is 8.53. The average molecular weight is 770 g/mol. The molecule has 2 heterocycles. The Kier molecular flexibility index (Phi) is 11.9. The van der Waals surface area contributed by atoms with Crippen molar-refractivity contribution in [1.82, 2.24) is 9.80 Å². The summed E-state index contributed by atoms with van der Waals surface area (Å²) < 4.78 is 20.7. The Bertz CT molecular complexity index is 2020. The number of fused-ring (bicyclic) bond motifs is 2. The maximum absolute atomic E-state index is 14.5. The molecular formula is C42H43Cl2FN6OS. The fourth-order valence-corrected chi connectivity index (χ4v) is 10.3. The smallest absolute Gasteiger partial charge is 0.166 e. The standard InChI is InChI=1S/C21H20Cl2FN3O.C21H23N3S/c22-13-7-16-15(17(23)8-13)9-19(27-5-1-2-14(26)11-27)21(16)28-20-4-3-12(10-25)6-18(20)24;22-13-15-7-9-18(10-8-15)25-21-19-6-2-1-4-16(19)12-20(21)24-11-3-5-17(23)14-24/h3-4,6-8,14,19,21H,1-2,5,9,11,26H2;1-2,4,6-10,17,20-21H,3,5,11-12,14,23H2/t14-,19-,21-;17-,20-,21-/m11/s1. The molecule has 11 heteroatoms. The monoisotopic (exact) mass is 768 g/mol. The second-order valence-corrected chi connectivity index (χ2v) is 16.5. The molecule has 2 fully saturated rings. The summed E-state index contributed by atoms with van der Waals surface area (Å²) in [5.74, 6) is -0.450. The molecule has 0 saturated carbocycles. The zero-order valence-electron chi connectivity index (χ0n) is 29.4. The molecule has 0 bridgehead atoms. The van der Waals surface area contributed by atoms with Crippen molar-refractivity contribution < 1.29 is 9.13 Å². The van der Waals surface area contributed by atoms with Crippen molar-refractivity contribution in [3.8, 4) is 17.9 Å². The van der Waals surface area contributed by atoms with Gasteiger partial charge in [0.1, 0.15) is 6.10 Å². The first-order chi connectivity index (χ1) is 25.7. The number of hydrogen-bond donors (Lipinski definition) is 2. The number of benzene rings is 4. The van der Waals surface area contributed by atoms with E-state index in [1.165, 1.54) is 34.6 Å². The van der Waals surface area contributed by atoms with Crippen molar-refractivity contribution in [3.05, 3.63) is 128 Å². The molecule has 0 amide bonds. The minimum Gasteiger partial charge on any atom is -0.481 e. The van der Waals surface area contributed by atoms with Crippen LogP contribution in [0.25, 0.3) is 0 Å². The van der Waals surface area contributed by atoms with Gasteiger partial charge < -0.3 is 16.2 Å². The number of hydrogen-bond acceptors (Lipinski definition) is 8. The number of halogens is 3. The first-order valence-corrected chi connectivity index (χ1v) is 19.9. The summed E-state index contributed by atoms with van der Waals surface area (Å²) in [6.45, 7) is 3.83.